The summed E-state index contributed by atoms with van der Waals surface area (Å²) in [7, 11) is 0. The van der Waals surface area contributed by atoms with Crippen LogP contribution in [0.2, 0.25) is 0 Å². The monoisotopic (exact) mass is 359 g/mol. The molecule has 1 saturated heterocycles. The number of hydrogen-bond acceptors (Lipinski definition) is 7. The van der Waals surface area contributed by atoms with Crippen molar-refractivity contribution in [3.05, 3.63) is 51.2 Å². The van der Waals surface area contributed by atoms with Gasteiger partial charge in [0.2, 0.25) is 0 Å². The summed E-state index contributed by atoms with van der Waals surface area (Å²) in [6.45, 7) is 1.33. The van der Waals surface area contributed by atoms with E-state index in [1.54, 1.807) is 31.2 Å². The molecule has 0 unspecified atom stereocenters. The smallest absolute Gasteiger partial charge is 0.326 e. The summed E-state index contributed by atoms with van der Waals surface area (Å²) < 4.78 is 10.1. The van der Waals surface area contributed by atoms with Gasteiger partial charge in [0.1, 0.15) is 18.4 Å². The molecule has 0 atom stereocenters. The average Bonchev–Trinajstić information content (AvgIpc) is 2.85. The highest BCUT2D eigenvalue weighted by molar-refractivity contribution is 8.18. The Labute approximate surface area is 146 Å². The SMILES string of the molecule is CCOC(=O)CN1C(=O)S/C(=C/c2coc3ccccc3c2=O)C1=O. The van der Waals surface area contributed by atoms with Gasteiger partial charge >= 0.3 is 5.97 Å². The molecule has 2 heterocycles. The predicted octanol–water partition coefficient (Wildman–Crippen LogP) is 2.39. The first-order chi connectivity index (χ1) is 12.0. The van der Waals surface area contributed by atoms with E-state index in [-0.39, 0.29) is 22.5 Å². The first kappa shape index (κ1) is 17.0. The number of ether oxygens (including phenoxy) is 1. The Hall–Kier alpha value is -2.87. The minimum absolute atomic E-state index is 0.0527. The zero-order chi connectivity index (χ0) is 18.0. The van der Waals surface area contributed by atoms with Crippen molar-refractivity contribution in [2.45, 2.75) is 6.92 Å². The molecule has 0 radical (unpaired) electrons. The molecule has 1 aliphatic heterocycles. The van der Waals surface area contributed by atoms with Crippen LogP contribution in [0.1, 0.15) is 12.5 Å². The number of hydrogen-bond donors (Lipinski definition) is 0. The van der Waals surface area contributed by atoms with Gasteiger partial charge in [0.15, 0.2) is 5.43 Å². The maximum atomic E-state index is 12.5. The predicted molar refractivity (Wildman–Crippen MR) is 91.8 cm³/mol. The zero-order valence-corrected chi connectivity index (χ0v) is 14.0. The van der Waals surface area contributed by atoms with Gasteiger partial charge in [-0.3, -0.25) is 24.1 Å². The molecule has 2 amide bonds. The summed E-state index contributed by atoms with van der Waals surface area (Å²) in [5.41, 5.74) is 0.277. The molecule has 0 bridgehead atoms. The first-order valence-electron chi connectivity index (χ1n) is 7.42. The van der Waals surface area contributed by atoms with Crippen LogP contribution in [0.25, 0.3) is 17.0 Å². The Morgan fingerprint density at radius 3 is 2.80 bits per heavy atom. The lowest BCUT2D eigenvalue weighted by atomic mass is 10.1. The Morgan fingerprint density at radius 2 is 2.04 bits per heavy atom. The summed E-state index contributed by atoms with van der Waals surface area (Å²) in [4.78, 5) is 49.0. The van der Waals surface area contributed by atoms with Crippen molar-refractivity contribution >= 4 is 45.9 Å². The van der Waals surface area contributed by atoms with E-state index >= 15 is 0 Å². The van der Waals surface area contributed by atoms with E-state index in [4.69, 9.17) is 9.15 Å². The largest absolute Gasteiger partial charge is 0.465 e. The Morgan fingerprint density at radius 1 is 1.28 bits per heavy atom. The number of esters is 1. The van der Waals surface area contributed by atoms with Crippen molar-refractivity contribution in [3.63, 3.8) is 0 Å². The van der Waals surface area contributed by atoms with E-state index in [1.165, 1.54) is 12.3 Å². The highest BCUT2D eigenvalue weighted by Crippen LogP contribution is 2.31. The van der Waals surface area contributed by atoms with Crippen LogP contribution in [0.15, 0.2) is 44.6 Å². The number of para-hydroxylation sites is 1. The van der Waals surface area contributed by atoms with Crippen molar-refractivity contribution in [3.8, 4) is 0 Å². The van der Waals surface area contributed by atoms with Gasteiger partial charge in [-0.25, -0.2) is 0 Å². The molecule has 0 aliphatic carbocycles. The van der Waals surface area contributed by atoms with Crippen molar-refractivity contribution in [1.82, 2.24) is 4.90 Å². The van der Waals surface area contributed by atoms with Crippen LogP contribution >= 0.6 is 11.8 Å². The van der Waals surface area contributed by atoms with Gasteiger partial charge in [-0.1, -0.05) is 12.1 Å². The molecule has 128 valence electrons. The van der Waals surface area contributed by atoms with Crippen molar-refractivity contribution < 1.29 is 23.5 Å². The normalized spacial score (nSPS) is 16.0. The van der Waals surface area contributed by atoms with Gasteiger partial charge in [0, 0.05) is 0 Å². The van der Waals surface area contributed by atoms with Gasteiger partial charge in [-0.05, 0) is 36.9 Å². The van der Waals surface area contributed by atoms with Crippen LogP contribution in [-0.2, 0) is 14.3 Å². The van der Waals surface area contributed by atoms with E-state index in [0.29, 0.717) is 22.7 Å². The summed E-state index contributed by atoms with van der Waals surface area (Å²) in [5, 5.41) is -0.212. The van der Waals surface area contributed by atoms with E-state index in [0.717, 1.165) is 4.90 Å². The number of carbonyl (C=O) groups excluding carboxylic acids is 3. The maximum Gasteiger partial charge on any atom is 0.326 e. The zero-order valence-electron chi connectivity index (χ0n) is 13.2. The third-order valence-corrected chi connectivity index (χ3v) is 4.37. The lowest BCUT2D eigenvalue weighted by molar-refractivity contribution is -0.145. The van der Waals surface area contributed by atoms with Crippen molar-refractivity contribution in [1.29, 1.82) is 0 Å². The second kappa shape index (κ2) is 6.94. The average molecular weight is 359 g/mol. The first-order valence-corrected chi connectivity index (χ1v) is 8.24. The van der Waals surface area contributed by atoms with Crippen molar-refractivity contribution in [2.75, 3.05) is 13.2 Å². The summed E-state index contributed by atoms with van der Waals surface area (Å²) in [6.07, 6.45) is 2.54. The number of thioether (sulfide) groups is 1. The summed E-state index contributed by atoms with van der Waals surface area (Å²) >= 11 is 0.661. The van der Waals surface area contributed by atoms with Crippen LogP contribution in [0.3, 0.4) is 0 Å². The van der Waals surface area contributed by atoms with E-state index < -0.39 is 23.7 Å². The van der Waals surface area contributed by atoms with Crippen LogP contribution < -0.4 is 5.43 Å². The molecule has 1 aromatic heterocycles. The number of rotatable bonds is 4. The lowest BCUT2D eigenvalue weighted by Gasteiger charge is -2.10. The van der Waals surface area contributed by atoms with E-state index in [2.05, 4.69) is 0 Å². The fourth-order valence-corrected chi connectivity index (χ4v) is 3.13. The Kier molecular flexibility index (Phi) is 4.71. The van der Waals surface area contributed by atoms with Gasteiger partial charge in [0.05, 0.1) is 22.5 Å². The molecule has 2 aromatic rings. The molecule has 7 nitrogen and oxygen atoms in total. The molecule has 1 fully saturated rings. The quantitative estimate of drug-likeness (QED) is 0.611. The molecular weight excluding hydrogens is 346 g/mol. The third kappa shape index (κ3) is 3.34. The fraction of sp³-hybridized carbons (Fsp3) is 0.176. The number of benzene rings is 1. The summed E-state index contributed by atoms with van der Waals surface area (Å²) in [6, 6.07) is 6.72. The van der Waals surface area contributed by atoms with E-state index in [1.807, 2.05) is 0 Å². The number of amides is 2. The van der Waals surface area contributed by atoms with E-state index in [9.17, 15) is 19.2 Å². The number of nitrogens with zero attached hydrogens (tertiary/aromatic N) is 1. The van der Waals surface area contributed by atoms with Crippen LogP contribution in [0.4, 0.5) is 4.79 Å². The summed E-state index contributed by atoms with van der Waals surface area (Å²) in [5.74, 6) is -1.31. The minimum Gasteiger partial charge on any atom is -0.465 e. The number of imide groups is 1. The second-order valence-electron chi connectivity index (χ2n) is 5.09. The molecule has 0 spiro atoms. The van der Waals surface area contributed by atoms with Gasteiger partial charge in [-0.15, -0.1) is 0 Å². The fourth-order valence-electron chi connectivity index (χ4n) is 2.31. The van der Waals surface area contributed by atoms with Gasteiger partial charge < -0.3 is 9.15 Å². The standard InChI is InChI=1S/C17H13NO6S/c1-2-23-14(19)8-18-16(21)13(25-17(18)22)7-10-9-24-12-6-4-3-5-11(12)15(10)20/h3-7,9H,2,8H2,1H3/b13-7+. The molecular formula is C17H13NO6S. The van der Waals surface area contributed by atoms with Crippen molar-refractivity contribution in [2.24, 2.45) is 0 Å². The second-order valence-corrected chi connectivity index (χ2v) is 6.08. The maximum absolute atomic E-state index is 12.5. The van der Waals surface area contributed by atoms with Crippen LogP contribution in [0, 0.1) is 0 Å². The number of fused-ring (bicyclic) bond motifs is 1. The topological polar surface area (TPSA) is 93.9 Å². The van der Waals surface area contributed by atoms with Gasteiger partial charge in [-0.2, -0.15) is 0 Å². The third-order valence-electron chi connectivity index (χ3n) is 3.46. The molecule has 3 rings (SSSR count). The molecule has 25 heavy (non-hydrogen) atoms. The number of carbonyl (C=O) groups is 3. The van der Waals surface area contributed by atoms with Crippen LogP contribution in [0.5, 0.6) is 0 Å². The highest BCUT2D eigenvalue weighted by atomic mass is 32.2. The molecule has 8 heteroatoms. The van der Waals surface area contributed by atoms with Gasteiger partial charge in [0.25, 0.3) is 11.1 Å². The molecule has 0 saturated carbocycles. The Balaban J connectivity index is 1.91. The lowest BCUT2D eigenvalue weighted by Crippen LogP contribution is -2.34. The molecule has 1 aromatic carbocycles. The molecule has 0 N–H and O–H groups in total. The molecule has 1 aliphatic rings. The Bertz CT molecular complexity index is 961. The highest BCUT2D eigenvalue weighted by Gasteiger charge is 2.36. The minimum atomic E-state index is -0.670. The van der Waals surface area contributed by atoms with Crippen LogP contribution in [-0.4, -0.2) is 35.2 Å².